The van der Waals surface area contributed by atoms with Gasteiger partial charge in [-0.25, -0.2) is 13.1 Å². The van der Waals surface area contributed by atoms with Crippen LogP contribution in [0.1, 0.15) is 73.9 Å². The van der Waals surface area contributed by atoms with E-state index in [0.29, 0.717) is 38.3 Å². The lowest BCUT2D eigenvalue weighted by atomic mass is 9.68. The summed E-state index contributed by atoms with van der Waals surface area (Å²) >= 11 is 6.39. The molecule has 2 aromatic carbocycles. The monoisotopic (exact) mass is 612 g/mol. The van der Waals surface area contributed by atoms with Crippen molar-refractivity contribution < 1.29 is 23.1 Å². The van der Waals surface area contributed by atoms with Gasteiger partial charge in [-0.15, -0.1) is 0 Å². The molecule has 1 saturated carbocycles. The number of aliphatic hydroxyl groups is 1. The fourth-order valence-electron chi connectivity index (χ4n) is 7.53. The number of rotatable bonds is 1. The van der Waals surface area contributed by atoms with Crippen molar-refractivity contribution >= 4 is 33.2 Å². The Bertz CT molecular complexity index is 1490. The second-order valence-corrected chi connectivity index (χ2v) is 15.3. The number of fused-ring (bicyclic) bond motifs is 4. The first-order chi connectivity index (χ1) is 20.1. The minimum Gasteiger partial charge on any atom is -0.490 e. The number of nitrogens with one attached hydrogen (secondary N) is 1. The Kier molecular flexibility index (Phi) is 8.09. The van der Waals surface area contributed by atoms with E-state index in [-0.39, 0.29) is 28.7 Å². The molecule has 0 radical (unpaired) electrons. The summed E-state index contributed by atoms with van der Waals surface area (Å²) in [6, 6.07) is 11.4. The lowest BCUT2D eigenvalue weighted by Crippen LogP contribution is -2.49. The zero-order valence-corrected chi connectivity index (χ0v) is 26.0. The van der Waals surface area contributed by atoms with E-state index >= 15 is 0 Å². The lowest BCUT2D eigenvalue weighted by Gasteiger charge is -2.45. The number of amides is 1. The van der Waals surface area contributed by atoms with Crippen molar-refractivity contribution in [3.05, 3.63) is 70.3 Å². The van der Waals surface area contributed by atoms with Gasteiger partial charge in [-0.2, -0.15) is 0 Å². The average Bonchev–Trinajstić information content (AvgIpc) is 3.09. The molecule has 1 fully saturated rings. The van der Waals surface area contributed by atoms with Crippen molar-refractivity contribution in [1.29, 1.82) is 0 Å². The smallest absolute Gasteiger partial charge is 0.264 e. The van der Waals surface area contributed by atoms with Crippen LogP contribution in [-0.2, 0) is 21.9 Å². The third kappa shape index (κ3) is 5.58. The summed E-state index contributed by atoms with van der Waals surface area (Å²) in [6.45, 7) is 5.69. The number of halogens is 1. The van der Waals surface area contributed by atoms with E-state index in [4.69, 9.17) is 16.3 Å². The van der Waals surface area contributed by atoms with Crippen LogP contribution in [-0.4, -0.2) is 50.5 Å². The molecule has 2 heterocycles. The van der Waals surface area contributed by atoms with Crippen molar-refractivity contribution in [3.63, 3.8) is 0 Å². The summed E-state index contributed by atoms with van der Waals surface area (Å²) < 4.78 is 35.5. The number of aliphatic hydroxyl groups excluding tert-OH is 1. The van der Waals surface area contributed by atoms with Crippen molar-refractivity contribution in [2.24, 2.45) is 17.8 Å². The Morgan fingerprint density at radius 2 is 2.00 bits per heavy atom. The summed E-state index contributed by atoms with van der Waals surface area (Å²) in [4.78, 5) is 15.7. The van der Waals surface area contributed by atoms with Gasteiger partial charge in [0.25, 0.3) is 5.91 Å². The average molecular weight is 613 g/mol. The fourth-order valence-corrected chi connectivity index (χ4v) is 9.27. The molecule has 9 heteroatoms. The molecular formula is C33H41ClN2O5S. The lowest BCUT2D eigenvalue weighted by molar-refractivity contribution is 0.0454. The molecule has 42 heavy (non-hydrogen) atoms. The van der Waals surface area contributed by atoms with Gasteiger partial charge in [0.2, 0.25) is 10.0 Å². The molecule has 226 valence electrons. The first-order valence-corrected chi connectivity index (χ1v) is 17.2. The van der Waals surface area contributed by atoms with Gasteiger partial charge in [0, 0.05) is 29.1 Å². The van der Waals surface area contributed by atoms with Gasteiger partial charge >= 0.3 is 0 Å². The Morgan fingerprint density at radius 3 is 2.76 bits per heavy atom. The quantitative estimate of drug-likeness (QED) is 0.405. The van der Waals surface area contributed by atoms with Crippen molar-refractivity contribution in [3.8, 4) is 5.75 Å². The predicted octanol–water partition coefficient (Wildman–Crippen LogP) is 5.63. The van der Waals surface area contributed by atoms with Gasteiger partial charge in [0.05, 0.1) is 23.6 Å². The molecular weight excluding hydrogens is 572 g/mol. The Morgan fingerprint density at radius 1 is 1.17 bits per heavy atom. The van der Waals surface area contributed by atoms with Gasteiger partial charge in [-0.3, -0.25) is 4.79 Å². The molecule has 6 rings (SSSR count). The maximum absolute atomic E-state index is 13.4. The largest absolute Gasteiger partial charge is 0.490 e. The van der Waals surface area contributed by atoms with Gasteiger partial charge in [0.15, 0.2) is 0 Å². The summed E-state index contributed by atoms with van der Waals surface area (Å²) in [5.74, 6) is 0.408. The number of nitrogens with zero attached hydrogens (tertiary/aromatic N) is 1. The molecule has 2 unspecified atom stereocenters. The number of anilines is 1. The van der Waals surface area contributed by atoms with Crippen LogP contribution in [0.2, 0.25) is 5.02 Å². The third-order valence-corrected chi connectivity index (χ3v) is 12.2. The molecule has 0 aromatic heterocycles. The van der Waals surface area contributed by atoms with Crippen molar-refractivity contribution in [2.75, 3.05) is 24.6 Å². The fraction of sp³-hybridized carbons (Fsp3) is 0.545. The number of allylic oxidation sites excluding steroid dienone is 1. The molecule has 6 atom stereocenters. The number of carbonyl (C=O) groups is 1. The molecule has 1 spiro atoms. The second-order valence-electron chi connectivity index (χ2n) is 12.9. The highest BCUT2D eigenvalue weighted by Gasteiger charge is 2.44. The van der Waals surface area contributed by atoms with Crippen LogP contribution >= 0.6 is 11.6 Å². The molecule has 2 bridgehead atoms. The van der Waals surface area contributed by atoms with Crippen LogP contribution in [0, 0.1) is 17.8 Å². The number of hydrogen-bond donors (Lipinski definition) is 2. The van der Waals surface area contributed by atoms with E-state index in [9.17, 15) is 18.3 Å². The van der Waals surface area contributed by atoms with Crippen LogP contribution in [0.3, 0.4) is 0 Å². The van der Waals surface area contributed by atoms with Crippen LogP contribution in [0.15, 0.2) is 48.6 Å². The molecule has 2 aliphatic heterocycles. The molecule has 0 saturated heterocycles. The summed E-state index contributed by atoms with van der Waals surface area (Å²) in [5.41, 5.74) is 3.34. The molecule has 7 nitrogen and oxygen atoms in total. The highest BCUT2D eigenvalue weighted by atomic mass is 35.5. The third-order valence-electron chi connectivity index (χ3n) is 10.1. The zero-order valence-electron chi connectivity index (χ0n) is 24.4. The first-order valence-electron chi connectivity index (χ1n) is 15.3. The molecule has 1 amide bonds. The standard InChI is InChI=1S/C33H41ClN2O5S/c1-3-26-15-21(2)6-12-30(37)27-10-7-24(27)18-36-19-33(14-4-5-22-16-25(34)9-11-28(22)33)20-41-31-13-8-23(17-29(31)36)32(38)35-42(26,39)40/h6,8-9,11-13,16-17,21,24,26-27,30,37H,3-5,7,10,14-15,18-20H2,1-2H3,(H,35,38)/b12-6+/t21-,24?,26+,27-,30?,33-/m0/s1. The number of aryl methyl sites for hydroxylation is 1. The van der Waals surface area contributed by atoms with Gasteiger partial charge < -0.3 is 14.7 Å². The molecule has 2 N–H and O–H groups in total. The highest BCUT2D eigenvalue weighted by Crippen LogP contribution is 2.46. The predicted molar refractivity (Wildman–Crippen MR) is 166 cm³/mol. The van der Waals surface area contributed by atoms with E-state index in [1.807, 2.05) is 32.1 Å². The zero-order chi connectivity index (χ0) is 29.6. The SMILES string of the molecule is CC[C@@H]1C[C@@H](C)/C=C/C(O)[C@H]2CCC2CN2C[C@@]3(CCCc4cc(Cl)ccc43)COc3ccc(cc32)C(=O)NS1(=O)=O. The van der Waals surface area contributed by atoms with Crippen LogP contribution in [0.4, 0.5) is 5.69 Å². The van der Waals surface area contributed by atoms with E-state index in [0.717, 1.165) is 42.8 Å². The Labute approximate surface area is 254 Å². The number of hydrogen-bond acceptors (Lipinski definition) is 6. The second kappa shape index (κ2) is 11.5. The normalized spacial score (nSPS) is 33.3. The summed E-state index contributed by atoms with van der Waals surface area (Å²) in [6.07, 6.45) is 8.89. The number of sulfonamides is 1. The van der Waals surface area contributed by atoms with Crippen LogP contribution in [0.5, 0.6) is 5.75 Å². The maximum Gasteiger partial charge on any atom is 0.264 e. The van der Waals surface area contributed by atoms with Gasteiger partial charge in [-0.1, -0.05) is 43.7 Å². The summed E-state index contributed by atoms with van der Waals surface area (Å²) in [5, 5.41) is 11.2. The molecule has 4 aliphatic rings. The van der Waals surface area contributed by atoms with E-state index in [1.165, 1.54) is 11.1 Å². The molecule has 2 aromatic rings. The Balaban J connectivity index is 1.42. The molecule has 2 aliphatic carbocycles. The van der Waals surface area contributed by atoms with E-state index < -0.39 is 27.3 Å². The maximum atomic E-state index is 13.4. The first kappa shape index (κ1) is 29.5. The van der Waals surface area contributed by atoms with Gasteiger partial charge in [-0.05, 0) is 104 Å². The van der Waals surface area contributed by atoms with Gasteiger partial charge in [0.1, 0.15) is 5.75 Å². The van der Waals surface area contributed by atoms with E-state index in [1.54, 1.807) is 18.2 Å². The van der Waals surface area contributed by atoms with Crippen molar-refractivity contribution in [1.82, 2.24) is 4.72 Å². The number of carbonyl (C=O) groups excluding carboxylic acids is 1. The Hall–Kier alpha value is -2.55. The van der Waals surface area contributed by atoms with Crippen LogP contribution < -0.4 is 14.4 Å². The topological polar surface area (TPSA) is 95.9 Å². The van der Waals surface area contributed by atoms with Crippen molar-refractivity contribution in [2.45, 2.75) is 75.6 Å². The summed E-state index contributed by atoms with van der Waals surface area (Å²) in [7, 11) is -3.91. The number of ether oxygens (including phenoxy) is 1. The minimum atomic E-state index is -3.91. The van der Waals surface area contributed by atoms with E-state index in [2.05, 4.69) is 21.8 Å². The van der Waals surface area contributed by atoms with Crippen LogP contribution in [0.25, 0.3) is 0 Å². The number of benzene rings is 2. The highest BCUT2D eigenvalue weighted by molar-refractivity contribution is 7.90. The minimum absolute atomic E-state index is 0.0592.